The van der Waals surface area contributed by atoms with E-state index in [9.17, 15) is 22.4 Å². The number of hydrogen-bond acceptors (Lipinski definition) is 3. The number of halogens is 4. The van der Waals surface area contributed by atoms with Crippen molar-refractivity contribution in [2.45, 2.75) is 30.2 Å². The SMILES string of the molecule is COC(=O)Cc1cc2ccc(F)cc2c(Cc2ccc(SC(F)(F)F)cc2)c1C. The molecule has 0 spiro atoms. The van der Waals surface area contributed by atoms with Crippen LogP contribution in [-0.2, 0) is 22.4 Å². The largest absolute Gasteiger partial charge is 0.469 e. The van der Waals surface area contributed by atoms with E-state index in [1.54, 1.807) is 18.2 Å². The van der Waals surface area contributed by atoms with Crippen molar-refractivity contribution in [2.24, 2.45) is 0 Å². The van der Waals surface area contributed by atoms with E-state index >= 15 is 0 Å². The normalized spacial score (nSPS) is 11.7. The maximum Gasteiger partial charge on any atom is 0.446 e. The minimum Gasteiger partial charge on any atom is -0.469 e. The predicted molar refractivity (Wildman–Crippen MR) is 106 cm³/mol. The molecule has 0 saturated carbocycles. The van der Waals surface area contributed by atoms with E-state index in [4.69, 9.17) is 4.74 Å². The van der Waals surface area contributed by atoms with Crippen LogP contribution >= 0.6 is 11.8 Å². The summed E-state index contributed by atoms with van der Waals surface area (Å²) < 4.78 is 56.2. The number of esters is 1. The van der Waals surface area contributed by atoms with Gasteiger partial charge in [0.2, 0.25) is 0 Å². The third kappa shape index (κ3) is 5.29. The fraction of sp³-hybridized carbons (Fsp3) is 0.227. The van der Waals surface area contributed by atoms with Gasteiger partial charge in [-0.15, -0.1) is 0 Å². The highest BCUT2D eigenvalue weighted by molar-refractivity contribution is 8.00. The van der Waals surface area contributed by atoms with E-state index in [1.807, 2.05) is 13.0 Å². The third-order valence-corrected chi connectivity index (χ3v) is 5.44. The number of carbonyl (C=O) groups is 1. The van der Waals surface area contributed by atoms with Gasteiger partial charge in [0.05, 0.1) is 13.5 Å². The molecule has 0 fully saturated rings. The number of benzene rings is 3. The van der Waals surface area contributed by atoms with E-state index in [2.05, 4.69) is 0 Å². The molecule has 3 aromatic carbocycles. The van der Waals surface area contributed by atoms with Gasteiger partial charge in [-0.3, -0.25) is 4.79 Å². The quantitative estimate of drug-likeness (QED) is 0.278. The topological polar surface area (TPSA) is 26.3 Å². The van der Waals surface area contributed by atoms with Gasteiger partial charge in [0.15, 0.2) is 0 Å². The standard InChI is InChI=1S/C22H18F4O2S/c1-13-16(11-21(27)28-2)10-15-5-6-17(23)12-20(15)19(13)9-14-3-7-18(8-4-14)29-22(24,25)26/h3-8,10,12H,9,11H2,1-2H3. The molecule has 0 heterocycles. The Labute approximate surface area is 169 Å². The fourth-order valence-electron chi connectivity index (χ4n) is 3.26. The minimum absolute atomic E-state index is 0.0871. The van der Waals surface area contributed by atoms with Gasteiger partial charge in [-0.25, -0.2) is 4.39 Å². The lowest BCUT2D eigenvalue weighted by atomic mass is 9.90. The molecule has 0 saturated heterocycles. The Morgan fingerprint density at radius 1 is 1.07 bits per heavy atom. The van der Waals surface area contributed by atoms with E-state index in [0.29, 0.717) is 11.8 Å². The average Bonchev–Trinajstić information content (AvgIpc) is 2.65. The highest BCUT2D eigenvalue weighted by atomic mass is 32.2. The molecule has 0 atom stereocenters. The molecule has 3 rings (SSSR count). The van der Waals surface area contributed by atoms with Gasteiger partial charge < -0.3 is 4.74 Å². The predicted octanol–water partition coefficient (Wildman–Crippen LogP) is 6.21. The summed E-state index contributed by atoms with van der Waals surface area (Å²) in [6, 6.07) is 12.4. The maximum atomic E-state index is 13.9. The van der Waals surface area contributed by atoms with Gasteiger partial charge >= 0.3 is 11.5 Å². The second kappa shape index (κ2) is 8.45. The molecule has 29 heavy (non-hydrogen) atoms. The Balaban J connectivity index is 2.01. The van der Waals surface area contributed by atoms with Crippen LogP contribution in [0.15, 0.2) is 53.4 Å². The molecular formula is C22H18F4O2S. The van der Waals surface area contributed by atoms with Crippen LogP contribution in [0.3, 0.4) is 0 Å². The van der Waals surface area contributed by atoms with Crippen LogP contribution in [0.5, 0.6) is 0 Å². The summed E-state index contributed by atoms with van der Waals surface area (Å²) in [6.45, 7) is 1.85. The molecular weight excluding hydrogens is 404 g/mol. The van der Waals surface area contributed by atoms with Crippen LogP contribution in [0.1, 0.15) is 22.3 Å². The maximum absolute atomic E-state index is 13.9. The number of fused-ring (bicyclic) bond motifs is 1. The number of methoxy groups -OCH3 is 1. The highest BCUT2D eigenvalue weighted by Crippen LogP contribution is 2.37. The molecule has 3 aromatic rings. The molecule has 0 N–H and O–H groups in total. The molecule has 152 valence electrons. The average molecular weight is 422 g/mol. The smallest absolute Gasteiger partial charge is 0.446 e. The summed E-state index contributed by atoms with van der Waals surface area (Å²) >= 11 is -0.166. The van der Waals surface area contributed by atoms with Crippen molar-refractivity contribution in [3.8, 4) is 0 Å². The summed E-state index contributed by atoms with van der Waals surface area (Å²) in [7, 11) is 1.31. The lowest BCUT2D eigenvalue weighted by Crippen LogP contribution is -2.08. The Morgan fingerprint density at radius 2 is 1.76 bits per heavy atom. The first kappa shape index (κ1) is 21.2. The summed E-state index contributed by atoms with van der Waals surface area (Å²) in [4.78, 5) is 11.9. The van der Waals surface area contributed by atoms with Crippen molar-refractivity contribution in [1.29, 1.82) is 0 Å². The van der Waals surface area contributed by atoms with E-state index in [-0.39, 0.29) is 34.9 Å². The first-order valence-electron chi connectivity index (χ1n) is 8.78. The molecule has 7 heteroatoms. The van der Waals surface area contributed by atoms with E-state index in [1.165, 1.54) is 31.4 Å². The fourth-order valence-corrected chi connectivity index (χ4v) is 3.80. The zero-order valence-electron chi connectivity index (χ0n) is 15.8. The summed E-state index contributed by atoms with van der Waals surface area (Å²) in [5.74, 6) is -0.759. The Hall–Kier alpha value is -2.54. The molecule has 0 aromatic heterocycles. The highest BCUT2D eigenvalue weighted by Gasteiger charge is 2.29. The monoisotopic (exact) mass is 422 g/mol. The summed E-state index contributed by atoms with van der Waals surface area (Å²) in [5, 5.41) is 1.50. The van der Waals surface area contributed by atoms with E-state index in [0.717, 1.165) is 27.6 Å². The first-order valence-corrected chi connectivity index (χ1v) is 9.60. The molecule has 2 nitrogen and oxygen atoms in total. The number of ether oxygens (including phenoxy) is 1. The number of rotatable bonds is 5. The zero-order chi connectivity index (χ0) is 21.2. The van der Waals surface area contributed by atoms with Crippen molar-refractivity contribution in [3.63, 3.8) is 0 Å². The Kier molecular flexibility index (Phi) is 6.17. The number of hydrogen-bond donors (Lipinski definition) is 0. The number of carbonyl (C=O) groups excluding carboxylic acids is 1. The first-order chi connectivity index (χ1) is 13.7. The van der Waals surface area contributed by atoms with Crippen LogP contribution in [-0.4, -0.2) is 18.6 Å². The summed E-state index contributed by atoms with van der Waals surface area (Å²) in [5.41, 5.74) is -1.11. The minimum atomic E-state index is -4.34. The van der Waals surface area contributed by atoms with E-state index < -0.39 is 5.51 Å². The number of alkyl halides is 3. The van der Waals surface area contributed by atoms with Crippen LogP contribution in [0, 0.1) is 12.7 Å². The van der Waals surface area contributed by atoms with Crippen LogP contribution in [0.2, 0.25) is 0 Å². The van der Waals surface area contributed by atoms with Crippen LogP contribution in [0.4, 0.5) is 17.6 Å². The molecule has 0 aliphatic rings. The molecule has 0 radical (unpaired) electrons. The van der Waals surface area contributed by atoms with Gasteiger partial charge in [0.25, 0.3) is 0 Å². The third-order valence-electron chi connectivity index (χ3n) is 4.70. The van der Waals surface area contributed by atoms with Crippen molar-refractivity contribution in [2.75, 3.05) is 7.11 Å². The van der Waals surface area contributed by atoms with Gasteiger partial charge in [-0.1, -0.05) is 24.3 Å². The van der Waals surface area contributed by atoms with Crippen LogP contribution < -0.4 is 0 Å². The van der Waals surface area contributed by atoms with Crippen molar-refractivity contribution in [1.82, 2.24) is 0 Å². The van der Waals surface area contributed by atoms with Gasteiger partial charge in [-0.05, 0) is 82.4 Å². The van der Waals surface area contributed by atoms with Crippen LogP contribution in [0.25, 0.3) is 10.8 Å². The van der Waals surface area contributed by atoms with Crippen molar-refractivity contribution in [3.05, 3.63) is 76.6 Å². The van der Waals surface area contributed by atoms with Gasteiger partial charge in [0.1, 0.15) is 5.82 Å². The Bertz CT molecular complexity index is 1040. The lowest BCUT2D eigenvalue weighted by molar-refractivity contribution is -0.139. The second-order valence-electron chi connectivity index (χ2n) is 6.63. The molecule has 0 aliphatic carbocycles. The van der Waals surface area contributed by atoms with Crippen molar-refractivity contribution >= 4 is 28.5 Å². The lowest BCUT2D eigenvalue weighted by Gasteiger charge is -2.16. The number of thioether (sulfide) groups is 1. The van der Waals surface area contributed by atoms with Crippen molar-refractivity contribution < 1.29 is 27.1 Å². The summed E-state index contributed by atoms with van der Waals surface area (Å²) in [6.07, 6.45) is 0.488. The molecule has 0 unspecified atom stereocenters. The van der Waals surface area contributed by atoms with Gasteiger partial charge in [-0.2, -0.15) is 13.2 Å². The van der Waals surface area contributed by atoms with Gasteiger partial charge in [0, 0.05) is 4.90 Å². The molecule has 0 bridgehead atoms. The zero-order valence-corrected chi connectivity index (χ0v) is 16.6. The molecule has 0 amide bonds. The second-order valence-corrected chi connectivity index (χ2v) is 7.76. The Morgan fingerprint density at radius 3 is 2.38 bits per heavy atom. The molecule has 0 aliphatic heterocycles.